The second-order valence-corrected chi connectivity index (χ2v) is 9.71. The van der Waals surface area contributed by atoms with Gasteiger partial charge in [-0.05, 0) is 31.2 Å². The third-order valence-corrected chi connectivity index (χ3v) is 7.25. The zero-order valence-electron chi connectivity index (χ0n) is 12.7. The summed E-state index contributed by atoms with van der Waals surface area (Å²) in [6.45, 7) is 6.23. The molecule has 2 aliphatic heterocycles. The van der Waals surface area contributed by atoms with Crippen LogP contribution in [0.4, 0.5) is 0 Å². The lowest BCUT2D eigenvalue weighted by Gasteiger charge is -2.44. The van der Waals surface area contributed by atoms with E-state index in [1.165, 1.54) is 31.9 Å². The van der Waals surface area contributed by atoms with Gasteiger partial charge in [-0.25, -0.2) is 8.42 Å². The van der Waals surface area contributed by atoms with Crippen LogP contribution in [-0.2, 0) is 9.84 Å². The van der Waals surface area contributed by atoms with Gasteiger partial charge < -0.3 is 5.32 Å². The summed E-state index contributed by atoms with van der Waals surface area (Å²) in [7, 11) is -2.98. The van der Waals surface area contributed by atoms with Crippen molar-refractivity contribution in [3.8, 4) is 0 Å². The summed E-state index contributed by atoms with van der Waals surface area (Å²) >= 11 is 1.77. The van der Waals surface area contributed by atoms with Crippen molar-refractivity contribution >= 4 is 21.6 Å². The van der Waals surface area contributed by atoms with Gasteiger partial charge in [-0.1, -0.05) is 13.3 Å². The molecule has 4 nitrogen and oxygen atoms in total. The topological polar surface area (TPSA) is 49.4 Å². The molecule has 20 heavy (non-hydrogen) atoms. The lowest BCUT2D eigenvalue weighted by molar-refractivity contribution is 0.104. The van der Waals surface area contributed by atoms with Gasteiger partial charge >= 0.3 is 0 Å². The van der Waals surface area contributed by atoms with Gasteiger partial charge in [-0.2, -0.15) is 11.8 Å². The Bertz CT molecular complexity index is 400. The normalized spacial score (nSPS) is 33.2. The number of hydrogen-bond acceptors (Lipinski definition) is 5. The van der Waals surface area contributed by atoms with E-state index < -0.39 is 9.84 Å². The highest BCUT2D eigenvalue weighted by Crippen LogP contribution is 2.34. The number of sulfone groups is 1. The SMILES string of the molecule is CCCC1(CN2CCSCC2S(C)(=O)=O)CCCNC1. The molecule has 0 aromatic heterocycles. The van der Waals surface area contributed by atoms with E-state index in [-0.39, 0.29) is 10.8 Å². The highest BCUT2D eigenvalue weighted by atomic mass is 32.2. The van der Waals surface area contributed by atoms with Crippen LogP contribution in [-0.4, -0.2) is 62.6 Å². The van der Waals surface area contributed by atoms with Crippen LogP contribution < -0.4 is 5.32 Å². The number of thioether (sulfide) groups is 1. The van der Waals surface area contributed by atoms with Crippen LogP contribution in [0.15, 0.2) is 0 Å². The first-order chi connectivity index (χ1) is 9.47. The van der Waals surface area contributed by atoms with Crippen LogP contribution in [0.25, 0.3) is 0 Å². The second kappa shape index (κ2) is 6.99. The molecule has 2 saturated heterocycles. The molecule has 6 heteroatoms. The quantitative estimate of drug-likeness (QED) is 0.833. The van der Waals surface area contributed by atoms with Crippen molar-refractivity contribution < 1.29 is 8.42 Å². The minimum Gasteiger partial charge on any atom is -0.316 e. The van der Waals surface area contributed by atoms with E-state index in [0.717, 1.165) is 37.7 Å². The standard InChI is InChI=1S/C14H28N2O2S2/c1-3-5-14(6-4-7-15-11-14)12-16-8-9-19-10-13(16)20(2,17)18/h13,15H,3-12H2,1-2H3. The molecule has 0 spiro atoms. The molecule has 2 fully saturated rings. The Balaban J connectivity index is 2.11. The zero-order chi connectivity index (χ0) is 14.6. The van der Waals surface area contributed by atoms with Crippen LogP contribution in [0, 0.1) is 5.41 Å². The third-order valence-electron chi connectivity index (χ3n) is 4.56. The molecule has 1 N–H and O–H groups in total. The molecule has 0 saturated carbocycles. The van der Waals surface area contributed by atoms with E-state index in [0.29, 0.717) is 0 Å². The molecule has 0 aromatic carbocycles. The Hall–Kier alpha value is 0.220. The first kappa shape index (κ1) is 16.6. The molecule has 0 radical (unpaired) electrons. The monoisotopic (exact) mass is 320 g/mol. The van der Waals surface area contributed by atoms with Crippen LogP contribution in [0.3, 0.4) is 0 Å². The van der Waals surface area contributed by atoms with Gasteiger partial charge in [0.15, 0.2) is 9.84 Å². The maximum absolute atomic E-state index is 12.0. The number of nitrogens with one attached hydrogen (secondary N) is 1. The molecule has 0 bridgehead atoms. The summed E-state index contributed by atoms with van der Waals surface area (Å²) in [5.74, 6) is 1.79. The first-order valence-corrected chi connectivity index (χ1v) is 10.8. The van der Waals surface area contributed by atoms with E-state index in [1.54, 1.807) is 11.8 Å². The molecular weight excluding hydrogens is 292 g/mol. The van der Waals surface area contributed by atoms with Crippen molar-refractivity contribution in [2.45, 2.75) is 38.0 Å². The molecular formula is C14H28N2O2S2. The first-order valence-electron chi connectivity index (χ1n) is 7.68. The molecule has 0 aromatic rings. The summed E-state index contributed by atoms with van der Waals surface area (Å²) in [6, 6.07) is 0. The van der Waals surface area contributed by atoms with Crippen molar-refractivity contribution in [1.82, 2.24) is 10.2 Å². The molecule has 2 atom stereocenters. The average molecular weight is 321 g/mol. The molecule has 2 heterocycles. The van der Waals surface area contributed by atoms with Gasteiger partial charge in [-0.3, -0.25) is 4.90 Å². The van der Waals surface area contributed by atoms with E-state index in [2.05, 4.69) is 17.1 Å². The fourth-order valence-electron chi connectivity index (χ4n) is 3.61. The third kappa shape index (κ3) is 4.12. The van der Waals surface area contributed by atoms with E-state index in [4.69, 9.17) is 0 Å². The summed E-state index contributed by atoms with van der Waals surface area (Å²) in [6.07, 6.45) is 6.20. The van der Waals surface area contributed by atoms with Gasteiger partial charge in [0, 0.05) is 37.4 Å². The Labute approximate surface area is 128 Å². The van der Waals surface area contributed by atoms with Crippen LogP contribution >= 0.6 is 11.8 Å². The Kier molecular flexibility index (Phi) is 5.79. The van der Waals surface area contributed by atoms with Crippen LogP contribution in [0.2, 0.25) is 0 Å². The maximum Gasteiger partial charge on any atom is 0.164 e. The van der Waals surface area contributed by atoms with Crippen molar-refractivity contribution in [3.63, 3.8) is 0 Å². The van der Waals surface area contributed by atoms with Gasteiger partial charge in [-0.15, -0.1) is 0 Å². The fraction of sp³-hybridized carbons (Fsp3) is 1.00. The van der Waals surface area contributed by atoms with Crippen molar-refractivity contribution in [2.24, 2.45) is 5.41 Å². The summed E-state index contributed by atoms with van der Waals surface area (Å²) < 4.78 is 24.1. The average Bonchev–Trinajstić information content (AvgIpc) is 2.39. The Morgan fingerprint density at radius 1 is 1.45 bits per heavy atom. The largest absolute Gasteiger partial charge is 0.316 e. The second-order valence-electron chi connectivity index (χ2n) is 6.36. The zero-order valence-corrected chi connectivity index (χ0v) is 14.4. The van der Waals surface area contributed by atoms with E-state index in [9.17, 15) is 8.42 Å². The molecule has 0 amide bonds. The minimum atomic E-state index is -2.98. The van der Waals surface area contributed by atoms with Gasteiger partial charge in [0.05, 0.1) is 0 Å². The number of piperidine rings is 1. The van der Waals surface area contributed by atoms with Gasteiger partial charge in [0.2, 0.25) is 0 Å². The van der Waals surface area contributed by atoms with Gasteiger partial charge in [0.1, 0.15) is 5.37 Å². The summed E-state index contributed by atoms with van der Waals surface area (Å²) in [5, 5.41) is 3.24. The molecule has 0 aliphatic carbocycles. The molecule has 2 rings (SSSR count). The number of hydrogen-bond donors (Lipinski definition) is 1. The summed E-state index contributed by atoms with van der Waals surface area (Å²) in [5.41, 5.74) is 0.276. The predicted molar refractivity (Wildman–Crippen MR) is 87.0 cm³/mol. The molecule has 2 aliphatic rings. The Morgan fingerprint density at radius 2 is 2.25 bits per heavy atom. The predicted octanol–water partition coefficient (Wildman–Crippen LogP) is 1.58. The lowest BCUT2D eigenvalue weighted by atomic mass is 9.76. The lowest BCUT2D eigenvalue weighted by Crippen LogP contribution is -2.54. The van der Waals surface area contributed by atoms with Crippen molar-refractivity contribution in [1.29, 1.82) is 0 Å². The van der Waals surface area contributed by atoms with E-state index in [1.807, 2.05) is 0 Å². The van der Waals surface area contributed by atoms with Crippen LogP contribution in [0.1, 0.15) is 32.6 Å². The highest BCUT2D eigenvalue weighted by Gasteiger charge is 2.38. The molecule has 2 unspecified atom stereocenters. The summed E-state index contributed by atoms with van der Waals surface area (Å²) in [4.78, 5) is 2.24. The Morgan fingerprint density at radius 3 is 2.85 bits per heavy atom. The van der Waals surface area contributed by atoms with Crippen molar-refractivity contribution in [2.75, 3.05) is 43.9 Å². The van der Waals surface area contributed by atoms with Crippen LogP contribution in [0.5, 0.6) is 0 Å². The van der Waals surface area contributed by atoms with E-state index >= 15 is 0 Å². The molecule has 118 valence electrons. The fourth-order valence-corrected chi connectivity index (χ4v) is 6.55. The van der Waals surface area contributed by atoms with Crippen molar-refractivity contribution in [3.05, 3.63) is 0 Å². The highest BCUT2D eigenvalue weighted by molar-refractivity contribution is 8.00. The number of rotatable bonds is 5. The van der Waals surface area contributed by atoms with Gasteiger partial charge in [0.25, 0.3) is 0 Å². The smallest absolute Gasteiger partial charge is 0.164 e. The maximum atomic E-state index is 12.0. The minimum absolute atomic E-state index is 0.276. The number of nitrogens with zero attached hydrogens (tertiary/aromatic N) is 1.